The molecule has 124 valence electrons. The number of fused-ring (bicyclic) bond motifs is 1. The van der Waals surface area contributed by atoms with Gasteiger partial charge in [0, 0.05) is 20.8 Å². The molecule has 0 bridgehead atoms. The Morgan fingerprint density at radius 3 is 2.68 bits per heavy atom. The highest BCUT2D eigenvalue weighted by molar-refractivity contribution is 9.10. The van der Waals surface area contributed by atoms with E-state index in [1.165, 1.54) is 22.5 Å². The molecule has 5 heteroatoms. The van der Waals surface area contributed by atoms with Crippen LogP contribution >= 0.6 is 27.3 Å². The molecule has 0 saturated carbocycles. The number of hydrogen-bond donors (Lipinski definition) is 0. The van der Waals surface area contributed by atoms with Crippen LogP contribution in [0.25, 0.3) is 32.8 Å². The van der Waals surface area contributed by atoms with Crippen LogP contribution in [0.4, 0.5) is 0 Å². The van der Waals surface area contributed by atoms with Gasteiger partial charge in [-0.3, -0.25) is 0 Å². The van der Waals surface area contributed by atoms with Gasteiger partial charge >= 0.3 is 5.63 Å². The summed E-state index contributed by atoms with van der Waals surface area (Å²) in [6, 6.07) is 13.7. The maximum Gasteiger partial charge on any atom is 0.346 e. The van der Waals surface area contributed by atoms with Gasteiger partial charge in [0.2, 0.25) is 0 Å². The average Bonchev–Trinajstić information content (AvgIpc) is 3.04. The first-order valence-corrected chi connectivity index (χ1v) is 9.45. The van der Waals surface area contributed by atoms with Crippen molar-refractivity contribution in [3.8, 4) is 21.8 Å². The number of nitrogens with zero attached hydrogens (tertiary/aromatic N) is 1. The molecule has 0 amide bonds. The molecular weight excluding hydrogens is 398 g/mol. The van der Waals surface area contributed by atoms with Crippen LogP contribution in [0.2, 0.25) is 0 Å². The van der Waals surface area contributed by atoms with E-state index >= 15 is 0 Å². The lowest BCUT2D eigenvalue weighted by molar-refractivity contribution is 0.563. The van der Waals surface area contributed by atoms with Gasteiger partial charge < -0.3 is 4.42 Å². The van der Waals surface area contributed by atoms with Crippen LogP contribution in [0.1, 0.15) is 11.1 Å². The van der Waals surface area contributed by atoms with Gasteiger partial charge in [0.1, 0.15) is 10.6 Å². The maximum absolute atomic E-state index is 12.4. The Labute approximate surface area is 157 Å². The minimum atomic E-state index is -0.364. The molecule has 2 aromatic heterocycles. The van der Waals surface area contributed by atoms with E-state index in [-0.39, 0.29) is 5.63 Å². The zero-order chi connectivity index (χ0) is 17.6. The minimum absolute atomic E-state index is 0.364. The zero-order valence-corrected chi connectivity index (χ0v) is 16.1. The highest BCUT2D eigenvalue weighted by Gasteiger charge is 2.14. The van der Waals surface area contributed by atoms with Crippen LogP contribution in [-0.2, 0) is 0 Å². The summed E-state index contributed by atoms with van der Waals surface area (Å²) >= 11 is 4.90. The van der Waals surface area contributed by atoms with E-state index in [2.05, 4.69) is 53.0 Å². The Morgan fingerprint density at radius 2 is 1.88 bits per heavy atom. The van der Waals surface area contributed by atoms with Gasteiger partial charge in [-0.1, -0.05) is 39.7 Å². The fourth-order valence-electron chi connectivity index (χ4n) is 2.87. The Hall–Kier alpha value is -2.24. The average molecular weight is 412 g/mol. The molecule has 0 atom stereocenters. The lowest BCUT2D eigenvalue weighted by atomic mass is 10.0. The summed E-state index contributed by atoms with van der Waals surface area (Å²) in [5, 5.41) is 3.52. The maximum atomic E-state index is 12.4. The predicted octanol–water partition coefficient (Wildman–Crippen LogP) is 5.96. The second-order valence-electron chi connectivity index (χ2n) is 5.99. The second-order valence-corrected chi connectivity index (χ2v) is 7.76. The fourth-order valence-corrected chi connectivity index (χ4v) is 4.07. The first-order valence-electron chi connectivity index (χ1n) is 7.78. The van der Waals surface area contributed by atoms with Gasteiger partial charge in [0.05, 0.1) is 11.3 Å². The van der Waals surface area contributed by atoms with Crippen molar-refractivity contribution >= 4 is 38.2 Å². The van der Waals surface area contributed by atoms with Crippen LogP contribution < -0.4 is 5.63 Å². The van der Waals surface area contributed by atoms with Crippen LogP contribution in [0.15, 0.2) is 61.5 Å². The van der Waals surface area contributed by atoms with Crippen LogP contribution in [0, 0.1) is 13.8 Å². The Kier molecular flexibility index (Phi) is 4.06. The van der Waals surface area contributed by atoms with Crippen molar-refractivity contribution in [1.82, 2.24) is 4.98 Å². The van der Waals surface area contributed by atoms with Crippen LogP contribution in [0.3, 0.4) is 0 Å². The molecule has 4 aromatic rings. The summed E-state index contributed by atoms with van der Waals surface area (Å²) in [6.45, 7) is 4.14. The number of halogens is 1. The third-order valence-corrected chi connectivity index (χ3v) is 5.46. The van der Waals surface area contributed by atoms with Crippen molar-refractivity contribution in [2.45, 2.75) is 13.8 Å². The fraction of sp³-hybridized carbons (Fsp3) is 0.100. The molecular formula is C20H14BrNO2S. The Bertz CT molecular complexity index is 1160. The summed E-state index contributed by atoms with van der Waals surface area (Å²) in [5.41, 5.74) is 5.06. The Morgan fingerprint density at radius 1 is 1.04 bits per heavy atom. The largest absolute Gasteiger partial charge is 0.422 e. The quantitative estimate of drug-likeness (QED) is 0.382. The first kappa shape index (κ1) is 16.2. The molecule has 0 spiro atoms. The molecule has 2 aromatic carbocycles. The van der Waals surface area contributed by atoms with E-state index in [0.717, 1.165) is 21.1 Å². The molecule has 0 aliphatic heterocycles. The highest BCUT2D eigenvalue weighted by atomic mass is 79.9. The molecule has 0 fully saturated rings. The first-order chi connectivity index (χ1) is 12.0. The number of thiazole rings is 1. The zero-order valence-electron chi connectivity index (χ0n) is 13.7. The molecule has 3 nitrogen and oxygen atoms in total. The second kappa shape index (κ2) is 6.24. The van der Waals surface area contributed by atoms with Crippen molar-refractivity contribution in [1.29, 1.82) is 0 Å². The number of aryl methyl sites for hydroxylation is 2. The van der Waals surface area contributed by atoms with Crippen LogP contribution in [0.5, 0.6) is 0 Å². The Balaban J connectivity index is 1.83. The molecule has 2 heterocycles. The van der Waals surface area contributed by atoms with Crippen molar-refractivity contribution in [3.63, 3.8) is 0 Å². The van der Waals surface area contributed by atoms with Gasteiger partial charge in [0.25, 0.3) is 0 Å². The van der Waals surface area contributed by atoms with Crippen molar-refractivity contribution < 1.29 is 4.42 Å². The normalized spacial score (nSPS) is 11.2. The standard InChI is InChI=1S/C20H14BrNO2S/c1-11-3-5-15(12(2)7-11)17-10-25-19(22-17)16-9-13-8-14(21)4-6-18(13)24-20(16)23/h3-10H,1-2H3. The van der Waals surface area contributed by atoms with E-state index < -0.39 is 0 Å². The molecule has 25 heavy (non-hydrogen) atoms. The smallest absolute Gasteiger partial charge is 0.346 e. The third-order valence-electron chi connectivity index (χ3n) is 4.09. The number of hydrogen-bond acceptors (Lipinski definition) is 4. The third kappa shape index (κ3) is 3.05. The van der Waals surface area contributed by atoms with Gasteiger partial charge in [0.15, 0.2) is 0 Å². The van der Waals surface area contributed by atoms with Crippen LogP contribution in [-0.4, -0.2) is 4.98 Å². The predicted molar refractivity (Wildman–Crippen MR) is 106 cm³/mol. The minimum Gasteiger partial charge on any atom is -0.422 e. The lowest BCUT2D eigenvalue weighted by Crippen LogP contribution is -2.02. The number of benzene rings is 2. The monoisotopic (exact) mass is 411 g/mol. The van der Waals surface area contributed by atoms with E-state index in [9.17, 15) is 4.79 Å². The summed E-state index contributed by atoms with van der Waals surface area (Å²) in [7, 11) is 0. The van der Waals surface area contributed by atoms with E-state index in [1.807, 2.05) is 23.6 Å². The summed E-state index contributed by atoms with van der Waals surface area (Å²) in [5.74, 6) is 0. The van der Waals surface area contributed by atoms with Crippen molar-refractivity contribution in [2.75, 3.05) is 0 Å². The van der Waals surface area contributed by atoms with Gasteiger partial charge in [-0.25, -0.2) is 9.78 Å². The topological polar surface area (TPSA) is 43.1 Å². The number of aromatic nitrogens is 1. The SMILES string of the molecule is Cc1ccc(-c2csc(-c3cc4cc(Br)ccc4oc3=O)n2)c(C)c1. The summed E-state index contributed by atoms with van der Waals surface area (Å²) in [6.07, 6.45) is 0. The lowest BCUT2D eigenvalue weighted by Gasteiger charge is -2.03. The molecule has 0 N–H and O–H groups in total. The number of rotatable bonds is 2. The van der Waals surface area contributed by atoms with Gasteiger partial charge in [-0.2, -0.15) is 0 Å². The van der Waals surface area contributed by atoms with Crippen molar-refractivity contribution in [2.24, 2.45) is 0 Å². The van der Waals surface area contributed by atoms with E-state index in [1.54, 1.807) is 6.07 Å². The van der Waals surface area contributed by atoms with Gasteiger partial charge in [-0.15, -0.1) is 11.3 Å². The highest BCUT2D eigenvalue weighted by Crippen LogP contribution is 2.31. The molecule has 0 aliphatic carbocycles. The molecule has 0 aliphatic rings. The summed E-state index contributed by atoms with van der Waals surface area (Å²) < 4.78 is 6.39. The van der Waals surface area contributed by atoms with Gasteiger partial charge in [-0.05, 0) is 43.7 Å². The van der Waals surface area contributed by atoms with E-state index in [4.69, 9.17) is 4.42 Å². The molecule has 0 radical (unpaired) electrons. The molecule has 4 rings (SSSR count). The van der Waals surface area contributed by atoms with E-state index in [0.29, 0.717) is 16.2 Å². The molecule has 0 saturated heterocycles. The molecule has 0 unspecified atom stereocenters. The van der Waals surface area contributed by atoms with Crippen molar-refractivity contribution in [3.05, 3.63) is 73.9 Å². The summed E-state index contributed by atoms with van der Waals surface area (Å²) in [4.78, 5) is 17.0.